The molecule has 1 heterocycles. The van der Waals surface area contributed by atoms with Crippen molar-refractivity contribution in [1.82, 2.24) is 15.5 Å². The summed E-state index contributed by atoms with van der Waals surface area (Å²) in [6.07, 6.45) is 10.6. The molecule has 1 saturated carbocycles. The molecule has 1 aromatic rings. The van der Waals surface area contributed by atoms with Gasteiger partial charge in [-0.15, -0.1) is 0 Å². The summed E-state index contributed by atoms with van der Waals surface area (Å²) in [7, 11) is 0. The molecule has 1 unspecified atom stereocenters. The maximum absolute atomic E-state index is 12.2. The average molecular weight is 358 g/mol. The molecule has 2 amide bonds. The molecule has 2 N–H and O–H groups in total. The molecule has 1 aromatic carbocycles. The topological polar surface area (TPSA) is 44.4 Å². The van der Waals surface area contributed by atoms with Gasteiger partial charge in [0.15, 0.2) is 0 Å². The van der Waals surface area contributed by atoms with E-state index in [0.29, 0.717) is 18.1 Å². The summed E-state index contributed by atoms with van der Waals surface area (Å²) in [5.41, 5.74) is 1.43. The summed E-state index contributed by atoms with van der Waals surface area (Å²) in [4.78, 5) is 14.8. The van der Waals surface area contributed by atoms with Gasteiger partial charge in [-0.05, 0) is 51.0 Å². The van der Waals surface area contributed by atoms with Gasteiger partial charge in [-0.2, -0.15) is 0 Å². The zero-order chi connectivity index (χ0) is 18.2. The second-order valence-electron chi connectivity index (χ2n) is 8.14. The van der Waals surface area contributed by atoms with Crippen LogP contribution in [0, 0.1) is 0 Å². The van der Waals surface area contributed by atoms with Crippen molar-refractivity contribution in [3.05, 3.63) is 35.9 Å². The molecule has 0 aromatic heterocycles. The number of urea groups is 1. The van der Waals surface area contributed by atoms with Crippen LogP contribution in [0.15, 0.2) is 30.3 Å². The lowest BCUT2D eigenvalue weighted by molar-refractivity contribution is 0.146. The summed E-state index contributed by atoms with van der Waals surface area (Å²) in [6.45, 7) is 4.52. The van der Waals surface area contributed by atoms with E-state index < -0.39 is 0 Å². The third-order valence-electron chi connectivity index (χ3n) is 6.12. The van der Waals surface area contributed by atoms with Crippen LogP contribution in [0.4, 0.5) is 4.79 Å². The van der Waals surface area contributed by atoms with Gasteiger partial charge in [0.05, 0.1) is 0 Å². The van der Waals surface area contributed by atoms with Crippen molar-refractivity contribution in [1.29, 1.82) is 0 Å². The number of hydrogen-bond acceptors (Lipinski definition) is 2. The molecule has 0 bridgehead atoms. The van der Waals surface area contributed by atoms with Crippen LogP contribution < -0.4 is 10.6 Å². The van der Waals surface area contributed by atoms with Crippen molar-refractivity contribution in [2.24, 2.45) is 0 Å². The van der Waals surface area contributed by atoms with Crippen molar-refractivity contribution in [2.75, 3.05) is 13.1 Å². The first kappa shape index (κ1) is 19.2. The highest BCUT2D eigenvalue weighted by Gasteiger charge is 2.24. The van der Waals surface area contributed by atoms with Crippen LogP contribution in [-0.2, 0) is 6.42 Å². The number of likely N-dealkylation sites (tertiary alicyclic amines) is 1. The van der Waals surface area contributed by atoms with Crippen LogP contribution in [-0.4, -0.2) is 42.1 Å². The van der Waals surface area contributed by atoms with Gasteiger partial charge in [0.2, 0.25) is 0 Å². The molecule has 144 valence electrons. The molecule has 0 spiro atoms. The fourth-order valence-corrected chi connectivity index (χ4v) is 4.35. The Morgan fingerprint density at radius 3 is 2.27 bits per heavy atom. The van der Waals surface area contributed by atoms with Crippen LogP contribution in [0.5, 0.6) is 0 Å². The molecule has 3 rings (SSSR count). The maximum atomic E-state index is 12.2. The molecule has 26 heavy (non-hydrogen) atoms. The van der Waals surface area contributed by atoms with E-state index in [2.05, 4.69) is 52.8 Å². The highest BCUT2D eigenvalue weighted by atomic mass is 16.2. The minimum atomic E-state index is 0.0486. The van der Waals surface area contributed by atoms with Crippen molar-refractivity contribution < 1.29 is 4.79 Å². The number of piperidine rings is 1. The van der Waals surface area contributed by atoms with Crippen molar-refractivity contribution in [2.45, 2.75) is 82.8 Å². The number of rotatable bonds is 6. The van der Waals surface area contributed by atoms with Crippen molar-refractivity contribution >= 4 is 6.03 Å². The molecule has 2 fully saturated rings. The van der Waals surface area contributed by atoms with Gasteiger partial charge in [0, 0.05) is 31.2 Å². The van der Waals surface area contributed by atoms with E-state index in [4.69, 9.17) is 0 Å². The maximum Gasteiger partial charge on any atom is 0.315 e. The minimum absolute atomic E-state index is 0.0486. The number of carbonyl (C=O) groups excluding carboxylic acids is 1. The SMILES string of the molecule is CC(CCc1ccccc1)N1CCC(NC(=O)NC2CCCCC2)CC1. The molecule has 2 aliphatic rings. The van der Waals surface area contributed by atoms with Gasteiger partial charge in [0.1, 0.15) is 0 Å². The Morgan fingerprint density at radius 1 is 1.00 bits per heavy atom. The third kappa shape index (κ3) is 6.01. The van der Waals surface area contributed by atoms with Gasteiger partial charge in [0.25, 0.3) is 0 Å². The van der Waals surface area contributed by atoms with Crippen LogP contribution in [0.2, 0.25) is 0 Å². The van der Waals surface area contributed by atoms with E-state index >= 15 is 0 Å². The van der Waals surface area contributed by atoms with E-state index in [1.807, 2.05) is 0 Å². The molecule has 1 aliphatic carbocycles. The molecule has 1 aliphatic heterocycles. The Hall–Kier alpha value is -1.55. The minimum Gasteiger partial charge on any atom is -0.335 e. The van der Waals surface area contributed by atoms with E-state index in [1.54, 1.807) is 0 Å². The largest absolute Gasteiger partial charge is 0.335 e. The molecule has 4 nitrogen and oxygen atoms in total. The quantitative estimate of drug-likeness (QED) is 0.805. The molecule has 1 saturated heterocycles. The molecular weight excluding hydrogens is 322 g/mol. The van der Waals surface area contributed by atoms with Crippen LogP contribution in [0.3, 0.4) is 0 Å². The van der Waals surface area contributed by atoms with E-state index in [-0.39, 0.29) is 6.03 Å². The monoisotopic (exact) mass is 357 g/mol. The van der Waals surface area contributed by atoms with Gasteiger partial charge >= 0.3 is 6.03 Å². The summed E-state index contributed by atoms with van der Waals surface area (Å²) in [5.74, 6) is 0. The lowest BCUT2D eigenvalue weighted by atomic mass is 9.96. The van der Waals surface area contributed by atoms with Gasteiger partial charge < -0.3 is 15.5 Å². The zero-order valence-electron chi connectivity index (χ0n) is 16.3. The first-order valence-electron chi connectivity index (χ1n) is 10.6. The van der Waals surface area contributed by atoms with Gasteiger partial charge in [-0.3, -0.25) is 0 Å². The first-order chi connectivity index (χ1) is 12.7. The average Bonchev–Trinajstić information content (AvgIpc) is 2.68. The normalized spacial score (nSPS) is 21.3. The number of amides is 2. The van der Waals surface area contributed by atoms with E-state index in [1.165, 1.54) is 31.2 Å². The lowest BCUT2D eigenvalue weighted by Crippen LogP contribution is -2.51. The smallest absolute Gasteiger partial charge is 0.315 e. The number of nitrogens with one attached hydrogen (secondary N) is 2. The Kier molecular flexibility index (Phi) is 7.36. The number of benzene rings is 1. The molecule has 1 atom stereocenters. The zero-order valence-corrected chi connectivity index (χ0v) is 16.3. The highest BCUT2D eigenvalue weighted by Crippen LogP contribution is 2.18. The van der Waals surface area contributed by atoms with Crippen molar-refractivity contribution in [3.8, 4) is 0 Å². The summed E-state index contributed by atoms with van der Waals surface area (Å²) < 4.78 is 0. The highest BCUT2D eigenvalue weighted by molar-refractivity contribution is 5.74. The summed E-state index contributed by atoms with van der Waals surface area (Å²) in [5, 5.41) is 6.38. The van der Waals surface area contributed by atoms with Crippen LogP contribution in [0.25, 0.3) is 0 Å². The fraction of sp³-hybridized carbons (Fsp3) is 0.682. The fourth-order valence-electron chi connectivity index (χ4n) is 4.35. The number of carbonyl (C=O) groups is 1. The number of aryl methyl sites for hydroxylation is 1. The predicted octanol–water partition coefficient (Wildman–Crippen LogP) is 4.10. The first-order valence-corrected chi connectivity index (χ1v) is 10.6. The summed E-state index contributed by atoms with van der Waals surface area (Å²) in [6, 6.07) is 12.1. The Balaban J connectivity index is 1.33. The number of hydrogen-bond donors (Lipinski definition) is 2. The van der Waals surface area contributed by atoms with Gasteiger partial charge in [-0.1, -0.05) is 49.6 Å². The van der Waals surface area contributed by atoms with Crippen LogP contribution >= 0.6 is 0 Å². The van der Waals surface area contributed by atoms with Crippen LogP contribution in [0.1, 0.15) is 63.9 Å². The van der Waals surface area contributed by atoms with Gasteiger partial charge in [-0.25, -0.2) is 4.79 Å². The van der Waals surface area contributed by atoms with E-state index in [0.717, 1.165) is 45.2 Å². The molecular formula is C22H35N3O. The third-order valence-corrected chi connectivity index (χ3v) is 6.12. The van der Waals surface area contributed by atoms with E-state index in [9.17, 15) is 4.79 Å². The second-order valence-corrected chi connectivity index (χ2v) is 8.14. The second kappa shape index (κ2) is 9.96. The Labute approximate surface area is 158 Å². The Morgan fingerprint density at radius 2 is 1.62 bits per heavy atom. The Bertz CT molecular complexity index is 534. The lowest BCUT2D eigenvalue weighted by Gasteiger charge is -2.36. The predicted molar refractivity (Wildman–Crippen MR) is 107 cm³/mol. The van der Waals surface area contributed by atoms with Crippen molar-refractivity contribution in [3.63, 3.8) is 0 Å². The summed E-state index contributed by atoms with van der Waals surface area (Å²) >= 11 is 0. The molecule has 4 heteroatoms. The molecule has 0 radical (unpaired) electrons. The number of nitrogens with zero attached hydrogens (tertiary/aromatic N) is 1. The standard InChI is InChI=1S/C22H35N3O/c1-18(12-13-19-8-4-2-5-9-19)25-16-14-21(15-17-25)24-22(26)23-20-10-6-3-7-11-20/h2,4-5,8-9,18,20-21H,3,6-7,10-17H2,1H3,(H2,23,24,26).